The number of methoxy groups -OCH3 is 1. The molecule has 5 aromatic rings. The zero-order valence-corrected chi connectivity index (χ0v) is 36.2. The van der Waals surface area contributed by atoms with Crippen LogP contribution >= 0.6 is 0 Å². The Kier molecular flexibility index (Phi) is 11.5. The highest BCUT2D eigenvalue weighted by molar-refractivity contribution is 6.16. The molecule has 0 radical (unpaired) electrons. The Labute approximate surface area is 365 Å². The fourth-order valence-electron chi connectivity index (χ4n) is 8.90. The summed E-state index contributed by atoms with van der Waals surface area (Å²) < 4.78 is 84.9. The van der Waals surface area contributed by atoms with Crippen LogP contribution in [0.1, 0.15) is 121 Å². The van der Waals surface area contributed by atoms with Gasteiger partial charge in [0.15, 0.2) is 0 Å². The van der Waals surface area contributed by atoms with Crippen LogP contribution in [-0.4, -0.2) is 44.4 Å². The molecule has 332 valence electrons. The van der Waals surface area contributed by atoms with Crippen molar-refractivity contribution in [3.05, 3.63) is 128 Å². The number of hydrazone groups is 2. The van der Waals surface area contributed by atoms with Gasteiger partial charge in [-0.3, -0.25) is 20.6 Å². The van der Waals surface area contributed by atoms with Crippen molar-refractivity contribution in [2.24, 2.45) is 10.2 Å². The van der Waals surface area contributed by atoms with Crippen LogP contribution in [0, 0.1) is 13.8 Å². The van der Waals surface area contributed by atoms with E-state index < -0.39 is 23.5 Å². The van der Waals surface area contributed by atoms with E-state index >= 15 is 0 Å². The zero-order valence-electron chi connectivity index (χ0n) is 36.2. The number of H-pyrrole nitrogens is 2. The van der Waals surface area contributed by atoms with E-state index in [4.69, 9.17) is 19.8 Å². The van der Waals surface area contributed by atoms with Crippen molar-refractivity contribution < 1.29 is 35.9 Å². The molecule has 2 aliphatic heterocycles. The van der Waals surface area contributed by atoms with Crippen LogP contribution in [0.4, 0.5) is 37.7 Å². The van der Waals surface area contributed by atoms with Crippen molar-refractivity contribution in [3.8, 4) is 0 Å². The number of rotatable bonds is 9. The van der Waals surface area contributed by atoms with E-state index in [1.165, 1.54) is 31.4 Å². The molecule has 64 heavy (non-hydrogen) atoms. The number of carbonyl (C=O) groups is 1. The van der Waals surface area contributed by atoms with Crippen LogP contribution in [-0.2, 0) is 28.3 Å². The van der Waals surface area contributed by atoms with Gasteiger partial charge in [-0.25, -0.2) is 4.98 Å². The number of nitrogens with zero attached hydrogens (tertiary/aromatic N) is 4. The number of esters is 1. The minimum Gasteiger partial charge on any atom is -0.469 e. The first-order chi connectivity index (χ1) is 30.4. The average molecular weight is 881 g/mol. The van der Waals surface area contributed by atoms with Crippen molar-refractivity contribution >= 4 is 62.0 Å². The lowest BCUT2D eigenvalue weighted by Gasteiger charge is -2.16. The maximum absolute atomic E-state index is 13.3. The van der Waals surface area contributed by atoms with Gasteiger partial charge in [0.2, 0.25) is 0 Å². The maximum Gasteiger partial charge on any atom is 0.416 e. The number of benzene rings is 2. The Hall–Kier alpha value is -6.71. The number of halogens is 6. The summed E-state index contributed by atoms with van der Waals surface area (Å²) in [6.07, 6.45) is -7.27. The van der Waals surface area contributed by atoms with Crippen molar-refractivity contribution in [2.75, 3.05) is 18.0 Å². The molecule has 3 aromatic heterocycles. The highest BCUT2D eigenvalue weighted by atomic mass is 19.4. The minimum atomic E-state index is -4.47. The number of aromatic nitrogens is 4. The zero-order chi connectivity index (χ0) is 45.8. The van der Waals surface area contributed by atoms with Crippen LogP contribution in [0.2, 0.25) is 0 Å². The normalized spacial score (nSPS) is 17.1. The van der Waals surface area contributed by atoms with Crippen LogP contribution in [0.3, 0.4) is 0 Å². The SMILES string of the molecule is CCC1=C(C)c2cc3[nH]c(cc4nc(c5c6[nH]c(cc1n2)c(C)c6/C(=N/Nc1ccc(C(F)(F)F)cc1)C5)[C@@H](CCC(=O)OC)[C@@H]4C)c(C)c3/C(C)=N\Nc1ccc(C(F)(F)F)cc1. The van der Waals surface area contributed by atoms with E-state index in [1.807, 2.05) is 45.9 Å². The molecule has 2 aromatic carbocycles. The molecule has 4 N–H and O–H groups in total. The lowest BCUT2D eigenvalue weighted by molar-refractivity contribution is -0.141. The monoisotopic (exact) mass is 880 g/mol. The van der Waals surface area contributed by atoms with Crippen LogP contribution in [0.5, 0.6) is 0 Å². The fourth-order valence-corrected chi connectivity index (χ4v) is 8.90. The first-order valence-electron chi connectivity index (χ1n) is 20.9. The third-order valence-electron chi connectivity index (χ3n) is 12.5. The molecule has 0 saturated carbocycles. The smallest absolute Gasteiger partial charge is 0.416 e. The molecule has 0 saturated heterocycles. The standard InChI is InChI=1S/C48H46F6N8O2/c1-8-32-23(2)35-22-40-43(27(6)59-60-30-13-9-28(10-14-30)47(49,50)51)25(4)37(56-40)20-36-24(3)33(17-18-42(63)64-7)45(57-36)34-19-41(44-26(5)38(58-46(34)44)21-39(32)55-35)62-61-31-15-11-29(12-16-31)48(52,53)54/h9-16,20-22,24,33,56,58,60-61H,8,17-19H2,1-7H3/b35-22?,36-20?,37-20?,38-21?,39-21?,40-22?,45-34?,59-27-,62-41+/t24-,33-/m0/s1. The lowest BCUT2D eigenvalue weighted by Crippen LogP contribution is -2.10. The number of anilines is 2. The number of allylic oxidation sites excluding steroid dienone is 2. The van der Waals surface area contributed by atoms with Gasteiger partial charge in [0.25, 0.3) is 0 Å². The molecule has 0 amide bonds. The fraction of sp³-hybridized carbons (Fsp3) is 0.312. The number of aromatic amines is 2. The van der Waals surface area contributed by atoms with Crippen LogP contribution < -0.4 is 10.9 Å². The van der Waals surface area contributed by atoms with Crippen molar-refractivity contribution in [3.63, 3.8) is 0 Å². The van der Waals surface area contributed by atoms with E-state index in [0.29, 0.717) is 42.1 Å². The van der Waals surface area contributed by atoms with Gasteiger partial charge in [0.05, 0.1) is 69.2 Å². The molecular formula is C48H46F6N8O2. The van der Waals surface area contributed by atoms with E-state index in [9.17, 15) is 31.1 Å². The van der Waals surface area contributed by atoms with Gasteiger partial charge >= 0.3 is 18.3 Å². The summed E-state index contributed by atoms with van der Waals surface area (Å²) in [4.78, 5) is 30.4. The molecule has 10 nitrogen and oxygen atoms in total. The summed E-state index contributed by atoms with van der Waals surface area (Å²) in [5.74, 6) is -0.696. The summed E-state index contributed by atoms with van der Waals surface area (Å²) in [6, 6.07) is 15.4. The Morgan fingerprint density at radius 2 is 1.44 bits per heavy atom. The molecule has 3 aliphatic rings. The molecule has 8 bridgehead atoms. The number of aryl methyl sites for hydroxylation is 2. The molecule has 5 heterocycles. The minimum absolute atomic E-state index is 0.150. The van der Waals surface area contributed by atoms with Gasteiger partial charge in [-0.2, -0.15) is 36.5 Å². The molecule has 16 heteroatoms. The molecule has 2 atom stereocenters. The molecule has 1 aliphatic carbocycles. The first-order valence-corrected chi connectivity index (χ1v) is 20.9. The predicted molar refractivity (Wildman–Crippen MR) is 238 cm³/mol. The number of nitrogens with one attached hydrogen (secondary N) is 4. The van der Waals surface area contributed by atoms with E-state index in [0.717, 1.165) is 108 Å². The number of carbonyl (C=O) groups excluding carboxylic acids is 1. The summed E-state index contributed by atoms with van der Waals surface area (Å²) in [5, 5.41) is 9.41. The van der Waals surface area contributed by atoms with Gasteiger partial charge in [0, 0.05) is 58.1 Å². The number of alkyl halides is 6. The van der Waals surface area contributed by atoms with Gasteiger partial charge < -0.3 is 14.7 Å². The van der Waals surface area contributed by atoms with Crippen molar-refractivity contribution in [2.45, 2.75) is 91.4 Å². The maximum atomic E-state index is 13.3. The van der Waals surface area contributed by atoms with Gasteiger partial charge in [-0.15, -0.1) is 0 Å². The average Bonchev–Trinajstić information content (AvgIpc) is 4.02. The Morgan fingerprint density at radius 3 is 2.05 bits per heavy atom. The number of hydrogen-bond acceptors (Lipinski definition) is 8. The summed E-state index contributed by atoms with van der Waals surface area (Å²) in [5.41, 5.74) is 18.9. The van der Waals surface area contributed by atoms with Crippen molar-refractivity contribution in [1.29, 1.82) is 0 Å². The quantitative estimate of drug-likeness (QED) is 0.0504. The predicted octanol–water partition coefficient (Wildman–Crippen LogP) is 12.4. The Morgan fingerprint density at radius 1 is 0.828 bits per heavy atom. The van der Waals surface area contributed by atoms with E-state index in [-0.39, 0.29) is 24.2 Å². The molecular weight excluding hydrogens is 835 g/mol. The van der Waals surface area contributed by atoms with E-state index in [2.05, 4.69) is 39.8 Å². The third-order valence-corrected chi connectivity index (χ3v) is 12.5. The molecule has 0 unspecified atom stereocenters. The molecule has 0 spiro atoms. The van der Waals surface area contributed by atoms with Gasteiger partial charge in [0.1, 0.15) is 0 Å². The molecule has 8 rings (SSSR count). The summed E-state index contributed by atoms with van der Waals surface area (Å²) >= 11 is 0. The summed E-state index contributed by atoms with van der Waals surface area (Å²) in [6.45, 7) is 12.0. The van der Waals surface area contributed by atoms with Crippen molar-refractivity contribution in [1.82, 2.24) is 19.9 Å². The van der Waals surface area contributed by atoms with Gasteiger partial charge in [-0.05, 0) is 130 Å². The number of hydrogen-bond donors (Lipinski definition) is 4. The largest absolute Gasteiger partial charge is 0.469 e. The van der Waals surface area contributed by atoms with E-state index in [1.54, 1.807) is 0 Å². The highest BCUT2D eigenvalue weighted by Crippen LogP contribution is 2.45. The highest BCUT2D eigenvalue weighted by Gasteiger charge is 2.36. The second kappa shape index (κ2) is 16.8. The van der Waals surface area contributed by atoms with Gasteiger partial charge in [-0.1, -0.05) is 13.8 Å². The third kappa shape index (κ3) is 8.28. The second-order valence-corrected chi connectivity index (χ2v) is 16.4. The Bertz CT molecular complexity index is 2940. The summed E-state index contributed by atoms with van der Waals surface area (Å²) in [7, 11) is 1.36. The molecule has 0 fully saturated rings. The van der Waals surface area contributed by atoms with Crippen LogP contribution in [0.15, 0.2) is 76.9 Å². The topological polar surface area (TPSA) is 132 Å². The van der Waals surface area contributed by atoms with Crippen LogP contribution in [0.25, 0.3) is 33.2 Å². The Balaban J connectivity index is 1.34. The number of ether oxygens (including phenoxy) is 1. The second-order valence-electron chi connectivity index (χ2n) is 16.4. The number of fused-ring (bicyclic) bond motifs is 8. The first kappa shape index (κ1) is 43.9. The lowest BCUT2D eigenvalue weighted by atomic mass is 9.85.